The van der Waals surface area contributed by atoms with Crippen LogP contribution in [0, 0.1) is 6.92 Å². The molecule has 0 aliphatic heterocycles. The Morgan fingerprint density at radius 3 is 2.33 bits per heavy atom. The summed E-state index contributed by atoms with van der Waals surface area (Å²) in [6.45, 7) is 1.83. The minimum absolute atomic E-state index is 0.139. The molecule has 3 rings (SSSR count). The molecular weight excluding hydrogens is 344 g/mol. The molecule has 5 nitrogen and oxygen atoms in total. The van der Waals surface area contributed by atoms with Gasteiger partial charge in [-0.15, -0.1) is 0 Å². The summed E-state index contributed by atoms with van der Waals surface area (Å²) in [5.41, 5.74) is 1.57. The highest BCUT2D eigenvalue weighted by molar-refractivity contribution is 5.72. The van der Waals surface area contributed by atoms with Crippen LogP contribution in [0.2, 0.25) is 0 Å². The van der Waals surface area contributed by atoms with Gasteiger partial charge in [0.25, 0.3) is 0 Å². The van der Waals surface area contributed by atoms with Gasteiger partial charge in [0.05, 0.1) is 13.5 Å². The molecule has 0 saturated heterocycles. The van der Waals surface area contributed by atoms with Crippen molar-refractivity contribution in [3.8, 4) is 23.0 Å². The molecule has 0 aromatic heterocycles. The molecular formula is C22H20O5. The molecule has 0 bridgehead atoms. The Bertz CT molecular complexity index is 906. The van der Waals surface area contributed by atoms with Gasteiger partial charge in [-0.2, -0.15) is 0 Å². The van der Waals surface area contributed by atoms with Crippen molar-refractivity contribution < 1.29 is 24.0 Å². The zero-order chi connectivity index (χ0) is 19.1. The summed E-state index contributed by atoms with van der Waals surface area (Å²) >= 11 is 0. The fourth-order valence-corrected chi connectivity index (χ4v) is 2.47. The van der Waals surface area contributed by atoms with E-state index in [4.69, 9.17) is 19.2 Å². The van der Waals surface area contributed by atoms with E-state index in [2.05, 4.69) is 0 Å². The Kier molecular flexibility index (Phi) is 5.94. The van der Waals surface area contributed by atoms with E-state index in [1.54, 1.807) is 25.3 Å². The van der Waals surface area contributed by atoms with Crippen molar-refractivity contribution in [3.63, 3.8) is 0 Å². The van der Waals surface area contributed by atoms with Gasteiger partial charge in [0.2, 0.25) is 0 Å². The number of rotatable bonds is 7. The van der Waals surface area contributed by atoms with Crippen molar-refractivity contribution in [2.24, 2.45) is 0 Å². The molecule has 0 radical (unpaired) electrons. The average Bonchev–Trinajstić information content (AvgIpc) is 2.69. The highest BCUT2D eigenvalue weighted by Gasteiger charge is 2.12. The van der Waals surface area contributed by atoms with Crippen molar-refractivity contribution in [2.75, 3.05) is 7.11 Å². The second-order valence-electron chi connectivity index (χ2n) is 5.86. The highest BCUT2D eigenvalue weighted by atomic mass is 17.2. The second kappa shape index (κ2) is 8.76. The summed E-state index contributed by atoms with van der Waals surface area (Å²) in [6, 6.07) is 21.9. The molecule has 5 heteroatoms. The molecule has 27 heavy (non-hydrogen) atoms. The Morgan fingerprint density at radius 1 is 0.852 bits per heavy atom. The molecule has 3 aromatic carbocycles. The SMILES string of the molecule is COc1cccc(Oc2cccc(OOC(=O)Cc3ccccc3)c2C)c1. The number of carbonyl (C=O) groups excluding carboxylic acids is 1. The van der Waals surface area contributed by atoms with Crippen LogP contribution in [0.3, 0.4) is 0 Å². The Labute approximate surface area is 158 Å². The molecule has 0 heterocycles. The van der Waals surface area contributed by atoms with Crippen LogP contribution in [0.5, 0.6) is 23.0 Å². The number of hydrogen-bond acceptors (Lipinski definition) is 5. The zero-order valence-electron chi connectivity index (χ0n) is 15.2. The van der Waals surface area contributed by atoms with Gasteiger partial charge in [0.1, 0.15) is 17.2 Å². The predicted molar refractivity (Wildman–Crippen MR) is 101 cm³/mol. The summed E-state index contributed by atoms with van der Waals surface area (Å²) in [4.78, 5) is 22.1. The third-order valence-electron chi connectivity index (χ3n) is 3.92. The molecule has 0 aliphatic carbocycles. The first-order valence-corrected chi connectivity index (χ1v) is 8.48. The normalized spacial score (nSPS) is 10.1. The highest BCUT2D eigenvalue weighted by Crippen LogP contribution is 2.32. The van der Waals surface area contributed by atoms with Crippen LogP contribution < -0.4 is 14.4 Å². The van der Waals surface area contributed by atoms with E-state index in [-0.39, 0.29) is 6.42 Å². The molecule has 0 fully saturated rings. The minimum atomic E-state index is -0.472. The summed E-state index contributed by atoms with van der Waals surface area (Å²) in [7, 11) is 1.60. The first-order valence-electron chi connectivity index (χ1n) is 8.48. The van der Waals surface area contributed by atoms with E-state index in [0.29, 0.717) is 28.6 Å². The number of carbonyl (C=O) groups is 1. The molecule has 3 aromatic rings. The van der Waals surface area contributed by atoms with Crippen molar-refractivity contribution >= 4 is 5.97 Å². The van der Waals surface area contributed by atoms with Gasteiger partial charge in [0, 0.05) is 11.6 Å². The van der Waals surface area contributed by atoms with E-state index in [9.17, 15) is 4.79 Å². The van der Waals surface area contributed by atoms with E-state index in [1.165, 1.54) is 0 Å². The molecule has 0 amide bonds. The lowest BCUT2D eigenvalue weighted by atomic mass is 10.2. The van der Waals surface area contributed by atoms with Crippen LogP contribution >= 0.6 is 0 Å². The van der Waals surface area contributed by atoms with Gasteiger partial charge in [-0.25, -0.2) is 4.79 Å². The maximum absolute atomic E-state index is 12.0. The largest absolute Gasteiger partial charge is 0.497 e. The average molecular weight is 364 g/mol. The molecule has 0 atom stereocenters. The molecule has 0 N–H and O–H groups in total. The first-order chi connectivity index (χ1) is 13.2. The number of benzene rings is 3. The molecule has 138 valence electrons. The smallest absolute Gasteiger partial charge is 0.359 e. The second-order valence-corrected chi connectivity index (χ2v) is 5.86. The van der Waals surface area contributed by atoms with Gasteiger partial charge >= 0.3 is 5.97 Å². The van der Waals surface area contributed by atoms with Gasteiger partial charge in [-0.1, -0.05) is 42.5 Å². The van der Waals surface area contributed by atoms with Gasteiger partial charge in [-0.05, 0) is 36.8 Å². The maximum atomic E-state index is 12.0. The summed E-state index contributed by atoms with van der Waals surface area (Å²) in [5, 5.41) is 0. The topological polar surface area (TPSA) is 54.0 Å². The van der Waals surface area contributed by atoms with E-state index in [0.717, 1.165) is 5.56 Å². The van der Waals surface area contributed by atoms with Crippen LogP contribution in [-0.2, 0) is 16.1 Å². The molecule has 0 saturated carbocycles. The van der Waals surface area contributed by atoms with Crippen LogP contribution in [0.25, 0.3) is 0 Å². The predicted octanol–water partition coefficient (Wildman–Crippen LogP) is 4.88. The number of ether oxygens (including phenoxy) is 2. The van der Waals surface area contributed by atoms with E-state index < -0.39 is 5.97 Å². The molecule has 0 unspecified atom stereocenters. The van der Waals surface area contributed by atoms with Crippen molar-refractivity contribution in [1.29, 1.82) is 0 Å². The van der Waals surface area contributed by atoms with E-state index in [1.807, 2.05) is 61.5 Å². The Hall–Kier alpha value is -3.47. The lowest BCUT2D eigenvalue weighted by Gasteiger charge is -2.12. The standard InChI is InChI=1S/C22H20O5/c1-16-20(25-19-11-6-10-18(15-19)24-2)12-7-13-21(16)26-27-22(23)14-17-8-4-3-5-9-17/h3-13,15H,14H2,1-2H3. The van der Waals surface area contributed by atoms with E-state index >= 15 is 0 Å². The Balaban J connectivity index is 1.64. The third kappa shape index (κ3) is 5.01. The van der Waals surface area contributed by atoms with Crippen LogP contribution in [0.4, 0.5) is 0 Å². The van der Waals surface area contributed by atoms with Gasteiger partial charge in [-0.3, -0.25) is 9.78 Å². The summed E-state index contributed by atoms with van der Waals surface area (Å²) in [6.07, 6.45) is 0.139. The van der Waals surface area contributed by atoms with Gasteiger partial charge < -0.3 is 9.47 Å². The van der Waals surface area contributed by atoms with Crippen molar-refractivity contribution in [2.45, 2.75) is 13.3 Å². The van der Waals surface area contributed by atoms with Gasteiger partial charge in [0.15, 0.2) is 5.75 Å². The number of hydrogen-bond donors (Lipinski definition) is 0. The quantitative estimate of drug-likeness (QED) is 0.442. The van der Waals surface area contributed by atoms with Crippen molar-refractivity contribution in [1.82, 2.24) is 0 Å². The summed E-state index contributed by atoms with van der Waals surface area (Å²) in [5.74, 6) is 1.87. The zero-order valence-corrected chi connectivity index (χ0v) is 15.2. The third-order valence-corrected chi connectivity index (χ3v) is 3.92. The lowest BCUT2D eigenvalue weighted by Crippen LogP contribution is -2.11. The number of methoxy groups -OCH3 is 1. The maximum Gasteiger partial charge on any atom is 0.359 e. The monoisotopic (exact) mass is 364 g/mol. The Morgan fingerprint density at radius 2 is 1.56 bits per heavy atom. The molecule has 0 spiro atoms. The fourth-order valence-electron chi connectivity index (χ4n) is 2.47. The van der Waals surface area contributed by atoms with Crippen LogP contribution in [0.1, 0.15) is 11.1 Å². The van der Waals surface area contributed by atoms with Crippen molar-refractivity contribution in [3.05, 3.63) is 83.9 Å². The minimum Gasteiger partial charge on any atom is -0.497 e. The van der Waals surface area contributed by atoms with Crippen LogP contribution in [0.15, 0.2) is 72.8 Å². The fraction of sp³-hybridized carbons (Fsp3) is 0.136. The summed E-state index contributed by atoms with van der Waals surface area (Å²) < 4.78 is 11.1. The molecule has 0 aliphatic rings. The lowest BCUT2D eigenvalue weighted by molar-refractivity contribution is -0.213. The first kappa shape index (κ1) is 18.3. The van der Waals surface area contributed by atoms with Crippen LogP contribution in [-0.4, -0.2) is 13.1 Å².